The maximum Gasteiger partial charge on any atom is -0.00255 e. The summed E-state index contributed by atoms with van der Waals surface area (Å²) >= 11 is 0. The van der Waals surface area contributed by atoms with Gasteiger partial charge in [-0.1, -0.05) is 83.2 Å². The Morgan fingerprint density at radius 1 is 0.857 bits per heavy atom. The van der Waals surface area contributed by atoms with Gasteiger partial charge in [-0.15, -0.1) is 0 Å². The average Bonchev–Trinajstić information content (AvgIpc) is 2.57. The third-order valence-corrected chi connectivity index (χ3v) is 4.83. The largest absolute Gasteiger partial charge is 0.317 e. The van der Waals surface area contributed by atoms with Crippen LogP contribution in [-0.2, 0) is 5.41 Å². The fraction of sp³-hybridized carbons (Fsp3) is 0.700. The molecule has 1 saturated heterocycles. The number of unbranched alkanes of at least 4 members (excludes halogenated alkanes) is 4. The van der Waals surface area contributed by atoms with Crippen LogP contribution in [0.1, 0.15) is 77.7 Å². The Hall–Kier alpha value is -0.820. The lowest BCUT2D eigenvalue weighted by Crippen LogP contribution is -2.39. The molecule has 0 aromatic heterocycles. The summed E-state index contributed by atoms with van der Waals surface area (Å²) in [6, 6.07) is 11.0. The molecule has 0 spiro atoms. The second-order valence-electron chi connectivity index (χ2n) is 6.31. The molecule has 1 aromatic carbocycles. The van der Waals surface area contributed by atoms with Gasteiger partial charge in [-0.3, -0.25) is 0 Å². The van der Waals surface area contributed by atoms with Crippen LogP contribution in [0.5, 0.6) is 0 Å². The van der Waals surface area contributed by atoms with Gasteiger partial charge in [0.2, 0.25) is 0 Å². The van der Waals surface area contributed by atoms with Crippen molar-refractivity contribution in [3.63, 3.8) is 0 Å². The molecule has 120 valence electrons. The minimum atomic E-state index is 0.451. The molecule has 1 N–H and O–H groups in total. The van der Waals surface area contributed by atoms with Crippen molar-refractivity contribution >= 4 is 0 Å². The van der Waals surface area contributed by atoms with Crippen molar-refractivity contribution < 1.29 is 0 Å². The Balaban J connectivity index is 0.000000270. The molecule has 0 amide bonds. The second kappa shape index (κ2) is 10.8. The molecule has 1 heteroatoms. The molecule has 0 saturated carbocycles. The van der Waals surface area contributed by atoms with E-state index < -0.39 is 0 Å². The summed E-state index contributed by atoms with van der Waals surface area (Å²) in [7, 11) is 0. The van der Waals surface area contributed by atoms with Crippen LogP contribution in [0.4, 0.5) is 0 Å². The molecule has 1 nitrogen and oxygen atoms in total. The summed E-state index contributed by atoms with van der Waals surface area (Å²) in [5.74, 6) is 0. The lowest BCUT2D eigenvalue weighted by molar-refractivity contribution is 0.298. The molecule has 2 rings (SSSR count). The van der Waals surface area contributed by atoms with Crippen LogP contribution in [0, 0.1) is 0 Å². The molecule has 21 heavy (non-hydrogen) atoms. The third-order valence-electron chi connectivity index (χ3n) is 4.83. The van der Waals surface area contributed by atoms with Gasteiger partial charge in [0, 0.05) is 0 Å². The van der Waals surface area contributed by atoms with Gasteiger partial charge in [-0.25, -0.2) is 0 Å². The highest BCUT2D eigenvalue weighted by atomic mass is 14.9. The van der Waals surface area contributed by atoms with Crippen LogP contribution < -0.4 is 5.32 Å². The van der Waals surface area contributed by atoms with Crippen molar-refractivity contribution in [2.75, 3.05) is 13.1 Å². The lowest BCUT2D eigenvalue weighted by atomic mass is 9.71. The van der Waals surface area contributed by atoms with Gasteiger partial charge in [0.15, 0.2) is 0 Å². The maximum absolute atomic E-state index is 3.44. The first-order valence-electron chi connectivity index (χ1n) is 9.05. The Kier molecular flexibility index (Phi) is 9.41. The topological polar surface area (TPSA) is 12.0 Å². The molecule has 1 aromatic rings. The number of benzene rings is 1. The number of nitrogens with one attached hydrogen (secondary N) is 1. The van der Waals surface area contributed by atoms with E-state index in [2.05, 4.69) is 56.4 Å². The number of piperidine rings is 1. The van der Waals surface area contributed by atoms with E-state index in [1.165, 1.54) is 70.0 Å². The normalized spacial score (nSPS) is 16.9. The minimum Gasteiger partial charge on any atom is -0.317 e. The number of hydrogen-bond donors (Lipinski definition) is 1. The quantitative estimate of drug-likeness (QED) is 0.663. The van der Waals surface area contributed by atoms with E-state index in [1.54, 1.807) is 0 Å². The van der Waals surface area contributed by atoms with Crippen molar-refractivity contribution in [1.82, 2.24) is 5.32 Å². The summed E-state index contributed by atoms with van der Waals surface area (Å²) in [5, 5.41) is 3.44. The van der Waals surface area contributed by atoms with Crippen molar-refractivity contribution in [2.45, 2.75) is 77.6 Å². The molecular formula is C20H35N. The van der Waals surface area contributed by atoms with Gasteiger partial charge < -0.3 is 5.32 Å². The molecule has 1 fully saturated rings. The Bertz CT molecular complexity index is 334. The molecule has 1 heterocycles. The Morgan fingerprint density at radius 3 is 1.90 bits per heavy atom. The molecule has 0 bridgehead atoms. The van der Waals surface area contributed by atoms with E-state index in [0.29, 0.717) is 5.41 Å². The van der Waals surface area contributed by atoms with Crippen LogP contribution in [0.25, 0.3) is 0 Å². The Morgan fingerprint density at radius 2 is 1.43 bits per heavy atom. The summed E-state index contributed by atoms with van der Waals surface area (Å²) in [6.07, 6.45) is 10.8. The zero-order valence-corrected chi connectivity index (χ0v) is 14.5. The van der Waals surface area contributed by atoms with Crippen molar-refractivity contribution in [1.29, 1.82) is 0 Å². The van der Waals surface area contributed by atoms with Crippen LogP contribution in [0.3, 0.4) is 0 Å². The van der Waals surface area contributed by atoms with Crippen LogP contribution in [0.15, 0.2) is 30.3 Å². The average molecular weight is 290 g/mol. The van der Waals surface area contributed by atoms with Crippen LogP contribution >= 0.6 is 0 Å². The van der Waals surface area contributed by atoms with Crippen molar-refractivity contribution in [2.24, 2.45) is 0 Å². The van der Waals surface area contributed by atoms with E-state index in [4.69, 9.17) is 0 Å². The third kappa shape index (κ3) is 6.22. The molecule has 0 atom stereocenters. The summed E-state index contributed by atoms with van der Waals surface area (Å²) in [5.41, 5.74) is 1.98. The first-order chi connectivity index (χ1) is 10.3. The zero-order valence-electron chi connectivity index (χ0n) is 14.5. The SMILES string of the molecule is CCC1(c2ccccc2)CCNCC1.CCCCCCC. The molecule has 1 aliphatic rings. The maximum atomic E-state index is 3.44. The number of rotatable bonds is 6. The predicted molar refractivity (Wildman–Crippen MR) is 94.9 cm³/mol. The summed E-state index contributed by atoms with van der Waals surface area (Å²) in [4.78, 5) is 0. The van der Waals surface area contributed by atoms with E-state index in [9.17, 15) is 0 Å². The predicted octanol–water partition coefficient (Wildman–Crippen LogP) is 5.69. The molecule has 0 radical (unpaired) electrons. The summed E-state index contributed by atoms with van der Waals surface area (Å²) < 4.78 is 0. The second-order valence-corrected chi connectivity index (χ2v) is 6.31. The smallest absolute Gasteiger partial charge is 0.00255 e. The monoisotopic (exact) mass is 289 g/mol. The van der Waals surface area contributed by atoms with Gasteiger partial charge in [-0.2, -0.15) is 0 Å². The molecule has 0 aliphatic carbocycles. The van der Waals surface area contributed by atoms with Gasteiger partial charge in [0.1, 0.15) is 0 Å². The first kappa shape index (κ1) is 18.2. The lowest BCUT2D eigenvalue weighted by Gasteiger charge is -2.37. The summed E-state index contributed by atoms with van der Waals surface area (Å²) in [6.45, 7) is 9.15. The fourth-order valence-corrected chi connectivity index (χ4v) is 3.22. The fourth-order valence-electron chi connectivity index (χ4n) is 3.22. The highest BCUT2D eigenvalue weighted by Gasteiger charge is 2.31. The van der Waals surface area contributed by atoms with Gasteiger partial charge >= 0.3 is 0 Å². The van der Waals surface area contributed by atoms with Crippen molar-refractivity contribution in [3.8, 4) is 0 Å². The highest BCUT2D eigenvalue weighted by molar-refractivity contribution is 5.26. The van der Waals surface area contributed by atoms with E-state index in [1.807, 2.05) is 0 Å². The van der Waals surface area contributed by atoms with E-state index >= 15 is 0 Å². The highest BCUT2D eigenvalue weighted by Crippen LogP contribution is 2.36. The zero-order chi connectivity index (χ0) is 15.4. The number of hydrogen-bond acceptors (Lipinski definition) is 1. The van der Waals surface area contributed by atoms with E-state index in [-0.39, 0.29) is 0 Å². The van der Waals surface area contributed by atoms with Crippen molar-refractivity contribution in [3.05, 3.63) is 35.9 Å². The first-order valence-corrected chi connectivity index (χ1v) is 9.05. The molecule has 0 unspecified atom stereocenters. The Labute approximate surface area is 132 Å². The van der Waals surface area contributed by atoms with Gasteiger partial charge in [0.05, 0.1) is 0 Å². The standard InChI is InChI=1S/C13H19N.C7H16/c1-2-13(8-10-14-11-9-13)12-6-4-3-5-7-12;1-3-5-7-6-4-2/h3-7,14H,2,8-11H2,1H3;3-7H2,1-2H3. The van der Waals surface area contributed by atoms with Gasteiger partial charge in [0.25, 0.3) is 0 Å². The molecular weight excluding hydrogens is 254 g/mol. The molecule has 1 aliphatic heterocycles. The van der Waals surface area contributed by atoms with E-state index in [0.717, 1.165) is 0 Å². The minimum absolute atomic E-state index is 0.451. The van der Waals surface area contributed by atoms with Gasteiger partial charge in [-0.05, 0) is 43.3 Å². The van der Waals surface area contributed by atoms with Crippen LogP contribution in [0.2, 0.25) is 0 Å². The van der Waals surface area contributed by atoms with Crippen LogP contribution in [-0.4, -0.2) is 13.1 Å².